The Morgan fingerprint density at radius 1 is 1.17 bits per heavy atom. The van der Waals surface area contributed by atoms with Gasteiger partial charge in [0.15, 0.2) is 5.82 Å². The van der Waals surface area contributed by atoms with Crippen LogP contribution in [0.1, 0.15) is 38.5 Å². The van der Waals surface area contributed by atoms with Gasteiger partial charge in [-0.25, -0.2) is 9.37 Å². The topological polar surface area (TPSA) is 50.8 Å². The Bertz CT molecular complexity index is 611. The summed E-state index contributed by atoms with van der Waals surface area (Å²) in [6.07, 6.45) is 8.02. The Kier molecular flexibility index (Phi) is 6.05. The summed E-state index contributed by atoms with van der Waals surface area (Å²) in [6, 6.07) is 6.56. The van der Waals surface area contributed by atoms with Crippen LogP contribution in [0.25, 0.3) is 11.4 Å². The average Bonchev–Trinajstić information content (AvgIpc) is 2.87. The fourth-order valence-electron chi connectivity index (χ4n) is 2.84. The largest absolute Gasteiger partial charge is 0.377 e. The van der Waals surface area contributed by atoms with Gasteiger partial charge in [0.05, 0.1) is 18.3 Å². The van der Waals surface area contributed by atoms with Crippen LogP contribution in [-0.4, -0.2) is 33.6 Å². The summed E-state index contributed by atoms with van der Waals surface area (Å²) in [5, 5.41) is 7.57. The van der Waals surface area contributed by atoms with Gasteiger partial charge in [0, 0.05) is 5.75 Å². The van der Waals surface area contributed by atoms with Crippen molar-refractivity contribution < 1.29 is 9.13 Å². The Morgan fingerprint density at radius 2 is 1.96 bits per heavy atom. The number of hydrogen-bond donors (Lipinski definition) is 1. The molecule has 0 radical (unpaired) electrons. The summed E-state index contributed by atoms with van der Waals surface area (Å²) in [5.41, 5.74) is 0.446. The number of hydrogen-bond acceptors (Lipinski definition) is 4. The van der Waals surface area contributed by atoms with E-state index in [1.165, 1.54) is 56.4 Å². The number of H-pyrrole nitrogens is 1. The van der Waals surface area contributed by atoms with Crippen LogP contribution < -0.4 is 0 Å². The molecule has 0 bridgehead atoms. The highest BCUT2D eigenvalue weighted by atomic mass is 32.2. The Labute approximate surface area is 140 Å². The van der Waals surface area contributed by atoms with Gasteiger partial charge in [0.2, 0.25) is 5.16 Å². The van der Waals surface area contributed by atoms with E-state index in [0.717, 1.165) is 5.75 Å². The van der Waals surface area contributed by atoms with E-state index < -0.39 is 0 Å². The van der Waals surface area contributed by atoms with E-state index in [2.05, 4.69) is 15.2 Å². The van der Waals surface area contributed by atoms with E-state index in [-0.39, 0.29) is 5.82 Å². The number of aromatic nitrogens is 3. The molecule has 1 aromatic heterocycles. The maximum Gasteiger partial charge on any atom is 0.208 e. The van der Waals surface area contributed by atoms with Crippen molar-refractivity contribution in [2.24, 2.45) is 0 Å². The molecule has 1 aliphatic rings. The summed E-state index contributed by atoms with van der Waals surface area (Å²) in [4.78, 5) is 4.34. The molecule has 0 unspecified atom stereocenters. The Balaban J connectivity index is 1.45. The molecule has 1 N–H and O–H groups in total. The van der Waals surface area contributed by atoms with Gasteiger partial charge in [-0.05, 0) is 25.0 Å². The van der Waals surface area contributed by atoms with Gasteiger partial charge in [-0.2, -0.15) is 0 Å². The number of rotatable bonds is 6. The van der Waals surface area contributed by atoms with Crippen molar-refractivity contribution in [2.45, 2.75) is 49.8 Å². The summed E-state index contributed by atoms with van der Waals surface area (Å²) < 4.78 is 19.7. The number of benzene rings is 1. The van der Waals surface area contributed by atoms with E-state index >= 15 is 0 Å². The van der Waals surface area contributed by atoms with Crippen molar-refractivity contribution in [1.29, 1.82) is 0 Å². The molecule has 1 heterocycles. The Hall–Kier alpha value is -1.40. The zero-order valence-corrected chi connectivity index (χ0v) is 13.9. The third-order valence-corrected chi connectivity index (χ3v) is 4.88. The zero-order chi connectivity index (χ0) is 15.9. The number of nitrogens with one attached hydrogen (secondary N) is 1. The van der Waals surface area contributed by atoms with Gasteiger partial charge < -0.3 is 4.74 Å². The van der Waals surface area contributed by atoms with E-state index in [4.69, 9.17) is 4.74 Å². The molecule has 0 atom stereocenters. The summed E-state index contributed by atoms with van der Waals surface area (Å²) in [5.74, 6) is 0.984. The van der Waals surface area contributed by atoms with Crippen LogP contribution in [0.4, 0.5) is 4.39 Å². The minimum absolute atomic E-state index is 0.295. The molecule has 0 saturated heterocycles. The number of aromatic amines is 1. The third-order valence-electron chi connectivity index (χ3n) is 4.06. The standard InChI is InChI=1S/C17H22FN3OS/c18-15-10-6-5-9-14(15)16-19-17(21-20-16)23-12-11-22-13-7-3-1-2-4-8-13/h5-6,9-10,13H,1-4,7-8,11-12H2,(H,19,20,21). The molecule has 1 aromatic carbocycles. The van der Waals surface area contributed by atoms with Crippen LogP contribution in [0.5, 0.6) is 0 Å². The maximum atomic E-state index is 13.7. The number of halogens is 1. The lowest BCUT2D eigenvalue weighted by molar-refractivity contribution is 0.0542. The molecule has 4 nitrogen and oxygen atoms in total. The Morgan fingerprint density at radius 3 is 2.74 bits per heavy atom. The van der Waals surface area contributed by atoms with Crippen molar-refractivity contribution in [3.05, 3.63) is 30.1 Å². The van der Waals surface area contributed by atoms with Crippen LogP contribution in [0.3, 0.4) is 0 Å². The predicted octanol–water partition coefficient (Wildman–Crippen LogP) is 4.44. The monoisotopic (exact) mass is 335 g/mol. The number of thioether (sulfide) groups is 1. The minimum Gasteiger partial charge on any atom is -0.377 e. The first-order valence-corrected chi connectivity index (χ1v) is 9.23. The van der Waals surface area contributed by atoms with Crippen LogP contribution >= 0.6 is 11.8 Å². The molecule has 1 aliphatic carbocycles. The van der Waals surface area contributed by atoms with Gasteiger partial charge in [-0.15, -0.1) is 5.10 Å². The van der Waals surface area contributed by atoms with Crippen molar-refractivity contribution in [1.82, 2.24) is 15.2 Å². The molecule has 124 valence electrons. The third kappa shape index (κ3) is 4.78. The molecule has 1 saturated carbocycles. The van der Waals surface area contributed by atoms with Gasteiger partial charge in [0.1, 0.15) is 5.82 Å². The molecule has 23 heavy (non-hydrogen) atoms. The lowest BCUT2D eigenvalue weighted by Crippen LogP contribution is -2.13. The molecule has 1 fully saturated rings. The second-order valence-corrected chi connectivity index (χ2v) is 6.84. The number of ether oxygens (including phenoxy) is 1. The van der Waals surface area contributed by atoms with Gasteiger partial charge >= 0.3 is 0 Å². The first-order valence-electron chi connectivity index (χ1n) is 8.24. The quantitative estimate of drug-likeness (QED) is 0.482. The highest BCUT2D eigenvalue weighted by Gasteiger charge is 2.13. The van der Waals surface area contributed by atoms with Crippen LogP contribution in [-0.2, 0) is 4.74 Å². The maximum absolute atomic E-state index is 13.7. The van der Waals surface area contributed by atoms with Crippen molar-refractivity contribution in [2.75, 3.05) is 12.4 Å². The van der Waals surface area contributed by atoms with Gasteiger partial charge in [-0.3, -0.25) is 5.10 Å². The first-order chi connectivity index (χ1) is 11.3. The second-order valence-electron chi connectivity index (χ2n) is 5.78. The lowest BCUT2D eigenvalue weighted by atomic mass is 10.1. The summed E-state index contributed by atoms with van der Waals surface area (Å²) in [6.45, 7) is 0.707. The molecule has 0 spiro atoms. The molecular weight excluding hydrogens is 313 g/mol. The normalized spacial score (nSPS) is 16.4. The van der Waals surface area contributed by atoms with Crippen LogP contribution in [0.15, 0.2) is 29.4 Å². The predicted molar refractivity (Wildman–Crippen MR) is 89.9 cm³/mol. The van der Waals surface area contributed by atoms with E-state index in [1.54, 1.807) is 18.2 Å². The van der Waals surface area contributed by atoms with E-state index in [0.29, 0.717) is 29.3 Å². The molecular formula is C17H22FN3OS. The first kappa shape index (κ1) is 16.5. The van der Waals surface area contributed by atoms with Crippen molar-refractivity contribution in [3.8, 4) is 11.4 Å². The molecule has 0 aliphatic heterocycles. The van der Waals surface area contributed by atoms with Gasteiger partial charge in [0.25, 0.3) is 0 Å². The lowest BCUT2D eigenvalue weighted by Gasteiger charge is -2.14. The van der Waals surface area contributed by atoms with Crippen LogP contribution in [0.2, 0.25) is 0 Å². The second kappa shape index (κ2) is 8.45. The molecule has 2 aromatic rings. The van der Waals surface area contributed by atoms with Gasteiger partial charge in [-0.1, -0.05) is 49.6 Å². The summed E-state index contributed by atoms with van der Waals surface area (Å²) >= 11 is 1.53. The average molecular weight is 335 g/mol. The smallest absolute Gasteiger partial charge is 0.208 e. The summed E-state index contributed by atoms with van der Waals surface area (Å²) in [7, 11) is 0. The minimum atomic E-state index is -0.295. The van der Waals surface area contributed by atoms with Crippen LogP contribution in [0, 0.1) is 5.82 Å². The molecule has 0 amide bonds. The van der Waals surface area contributed by atoms with Crippen molar-refractivity contribution in [3.63, 3.8) is 0 Å². The molecule has 3 rings (SSSR count). The molecule has 6 heteroatoms. The SMILES string of the molecule is Fc1ccccc1-c1nc(SCCOC2CCCCCC2)n[nH]1. The fourth-order valence-corrected chi connectivity index (χ4v) is 3.47. The zero-order valence-electron chi connectivity index (χ0n) is 13.1. The van der Waals surface area contributed by atoms with Crippen molar-refractivity contribution >= 4 is 11.8 Å². The van der Waals surface area contributed by atoms with E-state index in [1.807, 2.05) is 0 Å². The van der Waals surface area contributed by atoms with E-state index in [9.17, 15) is 4.39 Å². The fraction of sp³-hybridized carbons (Fsp3) is 0.529. The number of nitrogens with zero attached hydrogens (tertiary/aromatic N) is 2. The highest BCUT2D eigenvalue weighted by molar-refractivity contribution is 7.99. The highest BCUT2D eigenvalue weighted by Crippen LogP contribution is 2.23.